The van der Waals surface area contributed by atoms with Crippen LogP contribution in [-0.4, -0.2) is 61.3 Å². The highest BCUT2D eigenvalue weighted by atomic mass is 16.5. The molecule has 0 aromatic rings. The Morgan fingerprint density at radius 1 is 1.24 bits per heavy atom. The number of carboxylic acids is 1. The van der Waals surface area contributed by atoms with Crippen molar-refractivity contribution in [3.05, 3.63) is 0 Å². The molecule has 0 unspecified atom stereocenters. The lowest BCUT2D eigenvalue weighted by molar-refractivity contribution is -0.151. The second-order valence-corrected chi connectivity index (χ2v) is 3.28. The number of carboxylic acid groups (broad SMARTS) is 1. The van der Waals surface area contributed by atoms with E-state index >= 15 is 0 Å². The number of carbonyl (C=O) groups is 3. The first-order valence-corrected chi connectivity index (χ1v) is 5.15. The largest absolute Gasteiger partial charge is 0.480 e. The Balaban J connectivity index is 4.14. The quantitative estimate of drug-likeness (QED) is 0.581. The fourth-order valence-electron chi connectivity index (χ4n) is 1.10. The van der Waals surface area contributed by atoms with Crippen molar-refractivity contribution < 1.29 is 29.0 Å². The molecule has 0 atom stereocenters. The van der Waals surface area contributed by atoms with Crippen molar-refractivity contribution in [2.75, 3.05) is 33.4 Å². The number of methoxy groups -OCH3 is 1. The van der Waals surface area contributed by atoms with Gasteiger partial charge in [0.1, 0.15) is 19.8 Å². The van der Waals surface area contributed by atoms with Crippen LogP contribution in [0.5, 0.6) is 0 Å². The summed E-state index contributed by atoms with van der Waals surface area (Å²) in [6.07, 6.45) is 0.682. The van der Waals surface area contributed by atoms with Crippen molar-refractivity contribution in [3.8, 4) is 0 Å². The van der Waals surface area contributed by atoms with E-state index < -0.39 is 24.5 Å². The number of ether oxygens (including phenoxy) is 2. The monoisotopic (exact) mass is 247 g/mol. The summed E-state index contributed by atoms with van der Waals surface area (Å²) in [6, 6.07) is 0. The predicted molar refractivity (Wildman–Crippen MR) is 57.3 cm³/mol. The van der Waals surface area contributed by atoms with Crippen molar-refractivity contribution in [3.63, 3.8) is 0 Å². The van der Waals surface area contributed by atoms with Gasteiger partial charge in [0.15, 0.2) is 0 Å². The van der Waals surface area contributed by atoms with E-state index in [1.807, 2.05) is 6.92 Å². The fraction of sp³-hybridized carbons (Fsp3) is 0.700. The Hall–Kier alpha value is -1.63. The second kappa shape index (κ2) is 8.51. The van der Waals surface area contributed by atoms with E-state index in [1.54, 1.807) is 0 Å². The zero-order valence-electron chi connectivity index (χ0n) is 9.97. The molecule has 0 aromatic heterocycles. The minimum atomic E-state index is -1.15. The van der Waals surface area contributed by atoms with Gasteiger partial charge < -0.3 is 19.5 Å². The molecule has 7 heteroatoms. The summed E-state index contributed by atoms with van der Waals surface area (Å²) in [5.41, 5.74) is 0. The summed E-state index contributed by atoms with van der Waals surface area (Å²) in [6.45, 7) is 1.20. The summed E-state index contributed by atoms with van der Waals surface area (Å²) in [5, 5.41) is 8.33. The van der Waals surface area contributed by atoms with Crippen LogP contribution in [-0.2, 0) is 23.9 Å². The molecule has 0 aliphatic rings. The van der Waals surface area contributed by atoms with Gasteiger partial charge in [-0.15, -0.1) is 0 Å². The van der Waals surface area contributed by atoms with Crippen LogP contribution in [0.2, 0.25) is 0 Å². The Bertz CT molecular complexity index is 278. The molecule has 0 heterocycles. The highest BCUT2D eigenvalue weighted by Crippen LogP contribution is 1.95. The topological polar surface area (TPSA) is 93.1 Å². The Labute approximate surface area is 99.3 Å². The molecule has 0 rings (SSSR count). The average molecular weight is 247 g/mol. The fourth-order valence-corrected chi connectivity index (χ4v) is 1.10. The number of carbonyl (C=O) groups excluding carboxylic acids is 2. The molecule has 0 aromatic carbocycles. The van der Waals surface area contributed by atoms with Gasteiger partial charge in [0.2, 0.25) is 5.91 Å². The smallest absolute Gasteiger partial charge is 0.329 e. The Morgan fingerprint density at radius 2 is 1.88 bits per heavy atom. The van der Waals surface area contributed by atoms with Crippen LogP contribution in [0.4, 0.5) is 0 Å². The maximum Gasteiger partial charge on any atom is 0.329 e. The highest BCUT2D eigenvalue weighted by molar-refractivity contribution is 5.83. The molecule has 0 fully saturated rings. The molecule has 17 heavy (non-hydrogen) atoms. The zero-order chi connectivity index (χ0) is 13.3. The predicted octanol–water partition coefficient (Wildman–Crippen LogP) is -0.501. The first kappa shape index (κ1) is 15.4. The van der Waals surface area contributed by atoms with E-state index in [4.69, 9.17) is 5.11 Å². The molecule has 1 amide bonds. The van der Waals surface area contributed by atoms with Crippen LogP contribution >= 0.6 is 0 Å². The first-order valence-electron chi connectivity index (χ1n) is 5.15. The molecule has 0 bridgehead atoms. The standard InChI is InChI=1S/C10H17NO6/c1-3-4-11(5-10(15)16-2)8(12)6-17-7-9(13)14/h3-7H2,1-2H3,(H,13,14). The van der Waals surface area contributed by atoms with Crippen molar-refractivity contribution in [2.24, 2.45) is 0 Å². The summed E-state index contributed by atoms with van der Waals surface area (Å²) in [4.78, 5) is 34.0. The third-order valence-corrected chi connectivity index (χ3v) is 1.84. The summed E-state index contributed by atoms with van der Waals surface area (Å²) >= 11 is 0. The SMILES string of the molecule is CCCN(CC(=O)OC)C(=O)COCC(=O)O. The maximum atomic E-state index is 11.6. The van der Waals surface area contributed by atoms with Gasteiger partial charge in [-0.3, -0.25) is 9.59 Å². The van der Waals surface area contributed by atoms with Gasteiger partial charge in [0, 0.05) is 6.54 Å². The summed E-state index contributed by atoms with van der Waals surface area (Å²) in [5.74, 6) is -2.10. The van der Waals surface area contributed by atoms with Gasteiger partial charge in [0.05, 0.1) is 7.11 Å². The Morgan fingerprint density at radius 3 is 2.35 bits per heavy atom. The van der Waals surface area contributed by atoms with Gasteiger partial charge in [-0.2, -0.15) is 0 Å². The first-order chi connectivity index (χ1) is 8.01. The molecule has 0 radical (unpaired) electrons. The summed E-state index contributed by atoms with van der Waals surface area (Å²) < 4.78 is 9.11. The number of rotatable bonds is 8. The lowest BCUT2D eigenvalue weighted by atomic mass is 10.4. The van der Waals surface area contributed by atoms with Gasteiger partial charge in [-0.1, -0.05) is 6.92 Å². The van der Waals surface area contributed by atoms with Crippen LogP contribution in [0.15, 0.2) is 0 Å². The number of esters is 1. The van der Waals surface area contributed by atoms with Crippen LogP contribution in [0.1, 0.15) is 13.3 Å². The van der Waals surface area contributed by atoms with E-state index in [-0.39, 0.29) is 13.2 Å². The van der Waals surface area contributed by atoms with E-state index in [9.17, 15) is 14.4 Å². The molecule has 0 spiro atoms. The molecule has 98 valence electrons. The minimum Gasteiger partial charge on any atom is -0.480 e. The van der Waals surface area contributed by atoms with Gasteiger partial charge in [0.25, 0.3) is 0 Å². The van der Waals surface area contributed by atoms with E-state index in [1.165, 1.54) is 12.0 Å². The average Bonchev–Trinajstić information content (AvgIpc) is 2.27. The van der Waals surface area contributed by atoms with Crippen LogP contribution in [0.3, 0.4) is 0 Å². The van der Waals surface area contributed by atoms with Gasteiger partial charge in [-0.25, -0.2) is 4.79 Å². The lowest BCUT2D eigenvalue weighted by Gasteiger charge is -2.20. The molecule has 0 aliphatic carbocycles. The molecular formula is C10H17NO6. The van der Waals surface area contributed by atoms with Gasteiger partial charge in [-0.05, 0) is 6.42 Å². The molecular weight excluding hydrogens is 230 g/mol. The minimum absolute atomic E-state index is 0.153. The zero-order valence-corrected chi connectivity index (χ0v) is 9.97. The van der Waals surface area contributed by atoms with E-state index in [0.717, 1.165) is 0 Å². The van der Waals surface area contributed by atoms with Crippen LogP contribution in [0.25, 0.3) is 0 Å². The van der Waals surface area contributed by atoms with E-state index in [0.29, 0.717) is 13.0 Å². The third-order valence-electron chi connectivity index (χ3n) is 1.84. The molecule has 0 saturated carbocycles. The van der Waals surface area contributed by atoms with Crippen molar-refractivity contribution in [1.82, 2.24) is 4.90 Å². The molecule has 0 saturated heterocycles. The van der Waals surface area contributed by atoms with Crippen molar-refractivity contribution in [1.29, 1.82) is 0 Å². The second-order valence-electron chi connectivity index (χ2n) is 3.28. The van der Waals surface area contributed by atoms with E-state index in [2.05, 4.69) is 9.47 Å². The van der Waals surface area contributed by atoms with Crippen molar-refractivity contribution in [2.45, 2.75) is 13.3 Å². The third kappa shape index (κ3) is 7.29. The highest BCUT2D eigenvalue weighted by Gasteiger charge is 2.17. The molecule has 7 nitrogen and oxygen atoms in total. The normalized spacial score (nSPS) is 9.76. The summed E-state index contributed by atoms with van der Waals surface area (Å²) in [7, 11) is 1.23. The maximum absolute atomic E-state index is 11.6. The van der Waals surface area contributed by atoms with Crippen LogP contribution < -0.4 is 0 Å². The number of nitrogens with zero attached hydrogens (tertiary/aromatic N) is 1. The number of hydrogen-bond donors (Lipinski definition) is 1. The Kier molecular flexibility index (Phi) is 7.70. The van der Waals surface area contributed by atoms with Crippen LogP contribution in [0, 0.1) is 0 Å². The molecule has 0 aliphatic heterocycles. The van der Waals surface area contributed by atoms with Crippen molar-refractivity contribution >= 4 is 17.8 Å². The molecule has 1 N–H and O–H groups in total. The number of hydrogen-bond acceptors (Lipinski definition) is 5. The lowest BCUT2D eigenvalue weighted by Crippen LogP contribution is -2.39. The van der Waals surface area contributed by atoms with Gasteiger partial charge >= 0.3 is 11.9 Å². The number of aliphatic carboxylic acids is 1. The number of amides is 1.